The average molecular weight is 482 g/mol. The van der Waals surface area contributed by atoms with Crippen molar-refractivity contribution in [3.63, 3.8) is 0 Å². The van der Waals surface area contributed by atoms with Gasteiger partial charge >= 0.3 is 6.18 Å². The highest BCUT2D eigenvalue weighted by Gasteiger charge is 2.39. The van der Waals surface area contributed by atoms with Crippen molar-refractivity contribution in [1.82, 2.24) is 4.90 Å². The molecule has 34 heavy (non-hydrogen) atoms. The summed E-state index contributed by atoms with van der Waals surface area (Å²) in [5, 5.41) is 19.3. The average Bonchev–Trinajstić information content (AvgIpc) is 3.19. The summed E-state index contributed by atoms with van der Waals surface area (Å²) in [7, 11) is 0. The number of benzene rings is 3. The molecular formula is C24H15ClF3N5O. The van der Waals surface area contributed by atoms with Crippen molar-refractivity contribution in [3.8, 4) is 23.9 Å². The zero-order valence-corrected chi connectivity index (χ0v) is 18.1. The van der Waals surface area contributed by atoms with E-state index in [1.807, 2.05) is 6.19 Å². The van der Waals surface area contributed by atoms with Crippen LogP contribution in [0.4, 0.5) is 18.9 Å². The maximum atomic E-state index is 13.3. The van der Waals surface area contributed by atoms with Crippen molar-refractivity contribution in [1.29, 1.82) is 10.5 Å². The van der Waals surface area contributed by atoms with Gasteiger partial charge in [-0.05, 0) is 66.2 Å². The zero-order valence-electron chi connectivity index (χ0n) is 17.4. The Balaban J connectivity index is 1.70. The van der Waals surface area contributed by atoms with Gasteiger partial charge in [0.1, 0.15) is 11.5 Å². The summed E-state index contributed by atoms with van der Waals surface area (Å²) in [5.74, 6) is 1.11. The van der Waals surface area contributed by atoms with E-state index in [9.17, 15) is 18.4 Å². The molecule has 4 rings (SSSR count). The number of nitriles is 2. The molecule has 0 radical (unpaired) electrons. The normalized spacial score (nSPS) is 16.9. The Morgan fingerprint density at radius 2 is 1.62 bits per heavy atom. The Bertz CT molecular complexity index is 1290. The first-order valence-corrected chi connectivity index (χ1v) is 10.3. The number of alkyl halides is 3. The van der Waals surface area contributed by atoms with E-state index in [0.717, 1.165) is 12.1 Å². The Labute approximate surface area is 198 Å². The topological polar surface area (TPSA) is 75.7 Å². The van der Waals surface area contributed by atoms with Crippen LogP contribution in [0.1, 0.15) is 17.2 Å². The predicted octanol–water partition coefficient (Wildman–Crippen LogP) is 6.33. The van der Waals surface area contributed by atoms with Crippen molar-refractivity contribution in [3.05, 3.63) is 88.9 Å². The van der Waals surface area contributed by atoms with Crippen LogP contribution in [-0.2, 0) is 6.18 Å². The minimum absolute atomic E-state index is 0.0266. The molecule has 0 amide bonds. The van der Waals surface area contributed by atoms with Crippen LogP contribution < -0.4 is 9.64 Å². The number of guanidine groups is 1. The van der Waals surface area contributed by atoms with Gasteiger partial charge in [-0.15, -0.1) is 4.99 Å². The standard InChI is InChI=1S/C24H15ClF3N5O/c25-18-4-8-20(9-5-18)34-21-10-6-19(7-11-21)33-22(13-32(15-30)23(33)31-14-29)16-2-1-3-17(12-16)24(26,27)28/h1-12,22H,13H2. The summed E-state index contributed by atoms with van der Waals surface area (Å²) in [5.41, 5.74) is 0.0585. The quantitative estimate of drug-likeness (QED) is 0.407. The van der Waals surface area contributed by atoms with Crippen LogP contribution in [0.25, 0.3) is 0 Å². The fourth-order valence-electron chi connectivity index (χ4n) is 3.64. The molecule has 0 bridgehead atoms. The third-order valence-electron chi connectivity index (χ3n) is 5.16. The van der Waals surface area contributed by atoms with Crippen LogP contribution in [0, 0.1) is 22.9 Å². The third-order valence-corrected chi connectivity index (χ3v) is 5.41. The maximum absolute atomic E-state index is 13.3. The van der Waals surface area contributed by atoms with Gasteiger partial charge in [0.25, 0.3) is 0 Å². The highest BCUT2D eigenvalue weighted by Crippen LogP contribution is 2.38. The van der Waals surface area contributed by atoms with Gasteiger partial charge in [-0.1, -0.05) is 23.7 Å². The van der Waals surface area contributed by atoms with E-state index in [2.05, 4.69) is 4.99 Å². The van der Waals surface area contributed by atoms with E-state index in [1.165, 1.54) is 11.0 Å². The monoisotopic (exact) mass is 481 g/mol. The highest BCUT2D eigenvalue weighted by molar-refractivity contribution is 6.30. The van der Waals surface area contributed by atoms with Crippen LogP contribution in [0.5, 0.6) is 11.5 Å². The molecule has 3 aromatic rings. The number of rotatable bonds is 4. The first kappa shape index (κ1) is 23.0. The SMILES string of the molecule is N#CN=C1N(C#N)CC(c2cccc(C(F)(F)F)c2)N1c1ccc(Oc2ccc(Cl)cc2)cc1. The highest BCUT2D eigenvalue weighted by atomic mass is 35.5. The first-order valence-electron chi connectivity index (χ1n) is 9.94. The number of hydrogen-bond donors (Lipinski definition) is 0. The van der Waals surface area contributed by atoms with E-state index >= 15 is 0 Å². The van der Waals surface area contributed by atoms with E-state index in [4.69, 9.17) is 21.6 Å². The van der Waals surface area contributed by atoms with Crippen molar-refractivity contribution in [2.75, 3.05) is 11.4 Å². The molecule has 0 saturated carbocycles. The third kappa shape index (κ3) is 4.75. The largest absolute Gasteiger partial charge is 0.457 e. The summed E-state index contributed by atoms with van der Waals surface area (Å²) in [6, 6.07) is 17.7. The second-order valence-electron chi connectivity index (χ2n) is 7.28. The van der Waals surface area contributed by atoms with Crippen LogP contribution in [0.15, 0.2) is 77.8 Å². The summed E-state index contributed by atoms with van der Waals surface area (Å²) >= 11 is 5.89. The molecule has 1 heterocycles. The molecule has 170 valence electrons. The molecule has 0 spiro atoms. The van der Waals surface area contributed by atoms with Gasteiger partial charge in [0.05, 0.1) is 18.2 Å². The van der Waals surface area contributed by atoms with Gasteiger partial charge < -0.3 is 9.64 Å². The molecule has 10 heteroatoms. The minimum atomic E-state index is -4.52. The summed E-state index contributed by atoms with van der Waals surface area (Å²) in [6.07, 6.45) is -0.904. The van der Waals surface area contributed by atoms with E-state index in [0.29, 0.717) is 27.8 Å². The molecule has 6 nitrogen and oxygen atoms in total. The first-order chi connectivity index (χ1) is 16.3. The number of hydrogen-bond acceptors (Lipinski definition) is 4. The molecule has 0 aromatic heterocycles. The number of aliphatic imine (C=N–C) groups is 1. The molecule has 1 fully saturated rings. The van der Waals surface area contributed by atoms with Gasteiger partial charge in [-0.3, -0.25) is 0 Å². The lowest BCUT2D eigenvalue weighted by atomic mass is 10.0. The summed E-state index contributed by atoms with van der Waals surface area (Å²) in [4.78, 5) is 6.50. The molecule has 0 aliphatic carbocycles. The van der Waals surface area contributed by atoms with Crippen LogP contribution in [0.2, 0.25) is 5.02 Å². The maximum Gasteiger partial charge on any atom is 0.416 e. The fraction of sp³-hybridized carbons (Fsp3) is 0.125. The Hall–Kier alpha value is -4.21. The van der Waals surface area contributed by atoms with Gasteiger partial charge in [0, 0.05) is 10.7 Å². The van der Waals surface area contributed by atoms with Crippen LogP contribution in [-0.4, -0.2) is 17.4 Å². The number of halogens is 4. The molecule has 0 N–H and O–H groups in total. The second kappa shape index (κ2) is 9.34. The number of ether oxygens (including phenoxy) is 1. The Morgan fingerprint density at radius 3 is 2.21 bits per heavy atom. The van der Waals surface area contributed by atoms with E-state index < -0.39 is 17.8 Å². The summed E-state index contributed by atoms with van der Waals surface area (Å²) in [6.45, 7) is 0.0291. The van der Waals surface area contributed by atoms with Gasteiger partial charge in [-0.2, -0.15) is 23.7 Å². The molecular weight excluding hydrogens is 467 g/mol. The second-order valence-corrected chi connectivity index (χ2v) is 7.72. The predicted molar refractivity (Wildman–Crippen MR) is 120 cm³/mol. The molecule has 1 saturated heterocycles. The minimum Gasteiger partial charge on any atom is -0.457 e. The lowest BCUT2D eigenvalue weighted by molar-refractivity contribution is -0.137. The van der Waals surface area contributed by atoms with Crippen LogP contribution >= 0.6 is 11.6 Å². The van der Waals surface area contributed by atoms with Crippen molar-refractivity contribution >= 4 is 23.2 Å². The van der Waals surface area contributed by atoms with Crippen LogP contribution in [0.3, 0.4) is 0 Å². The lowest BCUT2D eigenvalue weighted by Gasteiger charge is -2.26. The summed E-state index contributed by atoms with van der Waals surface area (Å²) < 4.78 is 45.7. The smallest absolute Gasteiger partial charge is 0.416 e. The van der Waals surface area contributed by atoms with E-state index in [-0.39, 0.29) is 12.5 Å². The van der Waals surface area contributed by atoms with Crippen molar-refractivity contribution in [2.45, 2.75) is 12.2 Å². The van der Waals surface area contributed by atoms with Crippen molar-refractivity contribution < 1.29 is 17.9 Å². The molecule has 1 atom stereocenters. The van der Waals surface area contributed by atoms with Gasteiger partial charge in [0.15, 0.2) is 6.19 Å². The number of anilines is 1. The molecule has 1 aliphatic rings. The molecule has 3 aromatic carbocycles. The van der Waals surface area contributed by atoms with Crippen molar-refractivity contribution in [2.24, 2.45) is 4.99 Å². The Morgan fingerprint density at radius 1 is 0.971 bits per heavy atom. The van der Waals surface area contributed by atoms with Gasteiger partial charge in [-0.25, -0.2) is 4.90 Å². The van der Waals surface area contributed by atoms with E-state index in [1.54, 1.807) is 65.7 Å². The number of nitrogens with zero attached hydrogens (tertiary/aromatic N) is 5. The molecule has 1 unspecified atom stereocenters. The lowest BCUT2D eigenvalue weighted by Crippen LogP contribution is -2.32. The molecule has 1 aliphatic heterocycles. The fourth-order valence-corrected chi connectivity index (χ4v) is 3.76. The zero-order chi connectivity index (χ0) is 24.3. The Kier molecular flexibility index (Phi) is 6.31. The van der Waals surface area contributed by atoms with Gasteiger partial charge in [0.2, 0.25) is 12.2 Å².